The summed E-state index contributed by atoms with van der Waals surface area (Å²) >= 11 is 6.09. The minimum atomic E-state index is 0.512. The Bertz CT molecular complexity index is 546. The van der Waals surface area contributed by atoms with Gasteiger partial charge in [0.15, 0.2) is 0 Å². The van der Waals surface area contributed by atoms with Gasteiger partial charge in [-0.2, -0.15) is 0 Å². The Balaban J connectivity index is 2.28. The molecule has 0 unspecified atom stereocenters. The van der Waals surface area contributed by atoms with Gasteiger partial charge in [0.2, 0.25) is 0 Å². The highest BCUT2D eigenvalue weighted by atomic mass is 35.5. The molecule has 0 fully saturated rings. The third kappa shape index (κ3) is 3.48. The van der Waals surface area contributed by atoms with Gasteiger partial charge in [0.25, 0.3) is 0 Å². The molecule has 1 aromatic carbocycles. The first kappa shape index (κ1) is 14.4. The molecular weight excluding hydrogens is 258 g/mol. The van der Waals surface area contributed by atoms with Crippen LogP contribution in [0.15, 0.2) is 18.2 Å². The van der Waals surface area contributed by atoms with E-state index in [1.54, 1.807) is 0 Å². The fourth-order valence-electron chi connectivity index (χ4n) is 2.28. The van der Waals surface area contributed by atoms with E-state index in [0.717, 1.165) is 47.8 Å². The normalized spacial score (nSPS) is 11.6. The van der Waals surface area contributed by atoms with Crippen LogP contribution < -0.4 is 5.32 Å². The molecule has 0 saturated carbocycles. The standard InChI is InChI=1S/C15H22ClN3/c1-4-9-19-14-10-12(16)5-6-13(14)18-15(19)7-8-17-11(2)3/h5-6,10-11,17H,4,7-9H2,1-3H3. The van der Waals surface area contributed by atoms with Crippen molar-refractivity contribution in [1.82, 2.24) is 14.9 Å². The average Bonchev–Trinajstić information content (AvgIpc) is 2.68. The maximum atomic E-state index is 6.09. The number of nitrogens with one attached hydrogen (secondary N) is 1. The molecule has 3 nitrogen and oxygen atoms in total. The number of nitrogens with zero attached hydrogens (tertiary/aromatic N) is 2. The molecule has 0 atom stereocenters. The van der Waals surface area contributed by atoms with Crippen LogP contribution in [-0.4, -0.2) is 22.1 Å². The van der Waals surface area contributed by atoms with E-state index in [1.165, 1.54) is 0 Å². The Kier molecular flexibility index (Phi) is 4.83. The fourth-order valence-corrected chi connectivity index (χ4v) is 2.45. The van der Waals surface area contributed by atoms with E-state index < -0.39 is 0 Å². The van der Waals surface area contributed by atoms with Gasteiger partial charge in [-0.15, -0.1) is 0 Å². The molecule has 0 amide bonds. The molecule has 0 aliphatic heterocycles. The Hall–Kier alpha value is -1.06. The summed E-state index contributed by atoms with van der Waals surface area (Å²) in [6.45, 7) is 8.46. The van der Waals surface area contributed by atoms with Gasteiger partial charge >= 0.3 is 0 Å². The highest BCUT2D eigenvalue weighted by Gasteiger charge is 2.10. The highest BCUT2D eigenvalue weighted by Crippen LogP contribution is 2.21. The number of hydrogen-bond acceptors (Lipinski definition) is 2. The third-order valence-electron chi connectivity index (χ3n) is 3.14. The summed E-state index contributed by atoms with van der Waals surface area (Å²) in [5.41, 5.74) is 2.19. The van der Waals surface area contributed by atoms with Crippen molar-refractivity contribution in [1.29, 1.82) is 0 Å². The molecule has 0 spiro atoms. The third-order valence-corrected chi connectivity index (χ3v) is 3.37. The van der Waals surface area contributed by atoms with Crippen LogP contribution >= 0.6 is 11.6 Å². The van der Waals surface area contributed by atoms with Crippen molar-refractivity contribution in [3.63, 3.8) is 0 Å². The first-order chi connectivity index (χ1) is 9.11. The molecule has 0 radical (unpaired) electrons. The van der Waals surface area contributed by atoms with Crippen molar-refractivity contribution in [3.8, 4) is 0 Å². The molecule has 1 heterocycles. The van der Waals surface area contributed by atoms with Crippen LogP contribution in [0.3, 0.4) is 0 Å². The second kappa shape index (κ2) is 6.40. The predicted octanol–water partition coefficient (Wildman–Crippen LogP) is 3.64. The van der Waals surface area contributed by atoms with Gasteiger partial charge in [-0.3, -0.25) is 0 Å². The maximum absolute atomic E-state index is 6.09. The van der Waals surface area contributed by atoms with Crippen LogP contribution in [0, 0.1) is 0 Å². The van der Waals surface area contributed by atoms with Crippen molar-refractivity contribution in [2.24, 2.45) is 0 Å². The molecule has 1 aromatic heterocycles. The van der Waals surface area contributed by atoms with E-state index in [4.69, 9.17) is 16.6 Å². The number of fused-ring (bicyclic) bond motifs is 1. The van der Waals surface area contributed by atoms with Crippen molar-refractivity contribution in [3.05, 3.63) is 29.0 Å². The molecule has 0 aliphatic rings. The summed E-state index contributed by atoms with van der Waals surface area (Å²) in [6.07, 6.45) is 2.05. The van der Waals surface area contributed by atoms with E-state index in [-0.39, 0.29) is 0 Å². The maximum Gasteiger partial charge on any atom is 0.111 e. The number of benzene rings is 1. The zero-order valence-corrected chi connectivity index (χ0v) is 12.7. The number of hydrogen-bond donors (Lipinski definition) is 1. The van der Waals surface area contributed by atoms with Gasteiger partial charge in [0.05, 0.1) is 11.0 Å². The smallest absolute Gasteiger partial charge is 0.111 e. The molecule has 104 valence electrons. The summed E-state index contributed by atoms with van der Waals surface area (Å²) in [5.74, 6) is 1.15. The molecule has 1 N–H and O–H groups in total. The second-order valence-corrected chi connectivity index (χ2v) is 5.61. The van der Waals surface area contributed by atoms with Crippen molar-refractivity contribution < 1.29 is 0 Å². The largest absolute Gasteiger partial charge is 0.328 e. The van der Waals surface area contributed by atoms with Crippen LogP contribution in [0.5, 0.6) is 0 Å². The molecule has 0 aliphatic carbocycles. The van der Waals surface area contributed by atoms with E-state index >= 15 is 0 Å². The quantitative estimate of drug-likeness (QED) is 0.875. The van der Waals surface area contributed by atoms with Crippen LogP contribution in [0.2, 0.25) is 5.02 Å². The van der Waals surface area contributed by atoms with Gasteiger partial charge in [-0.1, -0.05) is 32.4 Å². The Morgan fingerprint density at radius 1 is 1.37 bits per heavy atom. The first-order valence-corrected chi connectivity index (χ1v) is 7.37. The number of imidazole rings is 1. The molecule has 19 heavy (non-hydrogen) atoms. The minimum Gasteiger partial charge on any atom is -0.328 e. The SMILES string of the molecule is CCCn1c(CCNC(C)C)nc2ccc(Cl)cc21. The molecule has 0 bridgehead atoms. The van der Waals surface area contributed by atoms with Crippen LogP contribution in [0.1, 0.15) is 33.0 Å². The monoisotopic (exact) mass is 279 g/mol. The topological polar surface area (TPSA) is 29.9 Å². The lowest BCUT2D eigenvalue weighted by molar-refractivity contribution is 0.567. The average molecular weight is 280 g/mol. The molecule has 0 saturated heterocycles. The molecule has 2 rings (SSSR count). The van der Waals surface area contributed by atoms with E-state index in [9.17, 15) is 0 Å². The number of aryl methyl sites for hydroxylation is 1. The van der Waals surface area contributed by atoms with Gasteiger partial charge in [-0.25, -0.2) is 4.98 Å². The summed E-state index contributed by atoms with van der Waals surface area (Å²) < 4.78 is 2.29. The summed E-state index contributed by atoms with van der Waals surface area (Å²) in [5, 5.41) is 4.21. The second-order valence-electron chi connectivity index (χ2n) is 5.17. The van der Waals surface area contributed by atoms with Crippen molar-refractivity contribution in [2.75, 3.05) is 6.54 Å². The zero-order valence-electron chi connectivity index (χ0n) is 11.9. The van der Waals surface area contributed by atoms with Gasteiger partial charge < -0.3 is 9.88 Å². The lowest BCUT2D eigenvalue weighted by Crippen LogP contribution is -2.25. The Morgan fingerprint density at radius 2 is 2.16 bits per heavy atom. The number of rotatable bonds is 6. The van der Waals surface area contributed by atoms with E-state index in [0.29, 0.717) is 6.04 Å². The first-order valence-electron chi connectivity index (χ1n) is 7.00. The van der Waals surface area contributed by atoms with Gasteiger partial charge in [0.1, 0.15) is 5.82 Å². The van der Waals surface area contributed by atoms with Crippen LogP contribution in [0.4, 0.5) is 0 Å². The van der Waals surface area contributed by atoms with Crippen LogP contribution in [-0.2, 0) is 13.0 Å². The van der Waals surface area contributed by atoms with Crippen molar-refractivity contribution in [2.45, 2.75) is 46.2 Å². The zero-order chi connectivity index (χ0) is 13.8. The number of halogens is 1. The Labute approximate surface area is 120 Å². The summed E-state index contributed by atoms with van der Waals surface area (Å²) in [6, 6.07) is 6.43. The summed E-state index contributed by atoms with van der Waals surface area (Å²) in [7, 11) is 0. The van der Waals surface area contributed by atoms with Gasteiger partial charge in [0, 0.05) is 30.6 Å². The summed E-state index contributed by atoms with van der Waals surface area (Å²) in [4.78, 5) is 4.73. The van der Waals surface area contributed by atoms with Gasteiger partial charge in [-0.05, 0) is 24.6 Å². The lowest BCUT2D eigenvalue weighted by Gasteiger charge is -2.10. The molecular formula is C15H22ClN3. The Morgan fingerprint density at radius 3 is 2.84 bits per heavy atom. The van der Waals surface area contributed by atoms with E-state index in [2.05, 4.69) is 30.7 Å². The molecule has 4 heteroatoms. The van der Waals surface area contributed by atoms with E-state index in [1.807, 2.05) is 18.2 Å². The highest BCUT2D eigenvalue weighted by molar-refractivity contribution is 6.31. The minimum absolute atomic E-state index is 0.512. The molecule has 2 aromatic rings. The van der Waals surface area contributed by atoms with Crippen LogP contribution in [0.25, 0.3) is 11.0 Å². The van der Waals surface area contributed by atoms with Crippen molar-refractivity contribution >= 4 is 22.6 Å². The number of aromatic nitrogens is 2. The lowest BCUT2D eigenvalue weighted by atomic mass is 10.3. The fraction of sp³-hybridized carbons (Fsp3) is 0.533. The predicted molar refractivity (Wildman–Crippen MR) is 81.9 cm³/mol.